The topological polar surface area (TPSA) is 74.7 Å². The Bertz CT molecular complexity index is 760. The van der Waals surface area contributed by atoms with Gasteiger partial charge in [0.05, 0.1) is 6.54 Å². The number of nitrogens with zero attached hydrogens (tertiary/aromatic N) is 3. The Balaban J connectivity index is 1.57. The Morgan fingerprint density at radius 1 is 1.08 bits per heavy atom. The number of rotatable bonds is 6. The van der Waals surface area contributed by atoms with Crippen LogP contribution in [0.2, 0.25) is 0 Å². The van der Waals surface area contributed by atoms with Crippen LogP contribution in [0, 0.1) is 0 Å². The van der Waals surface area contributed by atoms with Crippen molar-refractivity contribution in [1.82, 2.24) is 15.3 Å². The molecule has 0 fully saturated rings. The van der Waals surface area contributed by atoms with Crippen LogP contribution in [-0.2, 0) is 22.6 Å². The molecular formula is C19H20N4O2. The molecule has 0 aliphatic carbocycles. The highest BCUT2D eigenvalue weighted by Gasteiger charge is 2.24. The number of hydrogen-bond donors (Lipinski definition) is 1. The number of nitrogens with one attached hydrogen (secondary N) is 1. The van der Waals surface area contributed by atoms with Gasteiger partial charge in [0.25, 0.3) is 5.91 Å². The summed E-state index contributed by atoms with van der Waals surface area (Å²) < 4.78 is 0. The minimum Gasteiger partial charge on any atom is -0.351 e. The van der Waals surface area contributed by atoms with Gasteiger partial charge in [-0.3, -0.25) is 14.6 Å². The first-order valence-electron chi connectivity index (χ1n) is 8.32. The number of pyridine rings is 1. The highest BCUT2D eigenvalue weighted by atomic mass is 16.2. The average molecular weight is 336 g/mol. The molecule has 0 saturated heterocycles. The molecule has 25 heavy (non-hydrogen) atoms. The molecule has 1 aromatic carbocycles. The molecule has 2 amide bonds. The van der Waals surface area contributed by atoms with Crippen molar-refractivity contribution in [3.63, 3.8) is 0 Å². The third kappa shape index (κ3) is 4.73. The summed E-state index contributed by atoms with van der Waals surface area (Å²) in [5.74, 6) is -0.282. The smallest absolute Gasteiger partial charge is 0.267 e. The van der Waals surface area contributed by atoms with Crippen LogP contribution in [0.1, 0.15) is 24.1 Å². The van der Waals surface area contributed by atoms with Crippen LogP contribution in [0.15, 0.2) is 59.8 Å². The van der Waals surface area contributed by atoms with Crippen molar-refractivity contribution < 1.29 is 9.59 Å². The van der Waals surface area contributed by atoms with Crippen molar-refractivity contribution >= 4 is 17.5 Å². The summed E-state index contributed by atoms with van der Waals surface area (Å²) in [5, 5.41) is 8.49. The maximum atomic E-state index is 12.3. The van der Waals surface area contributed by atoms with Gasteiger partial charge < -0.3 is 5.32 Å². The van der Waals surface area contributed by atoms with Crippen LogP contribution in [0.4, 0.5) is 0 Å². The molecule has 6 heteroatoms. The van der Waals surface area contributed by atoms with E-state index in [2.05, 4.69) is 15.4 Å². The van der Waals surface area contributed by atoms with Gasteiger partial charge >= 0.3 is 0 Å². The van der Waals surface area contributed by atoms with Crippen molar-refractivity contribution in [2.45, 2.75) is 25.8 Å². The normalized spacial score (nSPS) is 14.2. The molecule has 0 atom stereocenters. The van der Waals surface area contributed by atoms with Crippen LogP contribution < -0.4 is 5.32 Å². The Morgan fingerprint density at radius 2 is 1.88 bits per heavy atom. The number of amides is 2. The maximum Gasteiger partial charge on any atom is 0.267 e. The van der Waals surface area contributed by atoms with E-state index in [0.717, 1.165) is 11.3 Å². The number of hydrazone groups is 1. The fourth-order valence-corrected chi connectivity index (χ4v) is 2.60. The van der Waals surface area contributed by atoms with Gasteiger partial charge in [0.1, 0.15) is 5.71 Å². The van der Waals surface area contributed by atoms with E-state index in [-0.39, 0.29) is 11.8 Å². The first-order valence-corrected chi connectivity index (χ1v) is 8.32. The van der Waals surface area contributed by atoms with Crippen LogP contribution in [0.25, 0.3) is 0 Å². The number of hydrogen-bond acceptors (Lipinski definition) is 4. The largest absolute Gasteiger partial charge is 0.351 e. The Hall–Kier alpha value is -3.02. The predicted octanol–water partition coefficient (Wildman–Crippen LogP) is 1.92. The first-order chi connectivity index (χ1) is 12.2. The van der Waals surface area contributed by atoms with Crippen molar-refractivity contribution in [3.8, 4) is 0 Å². The molecular weight excluding hydrogens is 316 g/mol. The molecule has 0 radical (unpaired) electrons. The lowest BCUT2D eigenvalue weighted by atomic mass is 10.1. The first kappa shape index (κ1) is 16.8. The second-order valence-corrected chi connectivity index (χ2v) is 5.81. The summed E-state index contributed by atoms with van der Waals surface area (Å²) in [7, 11) is 0. The fraction of sp³-hybridized carbons (Fsp3) is 0.263. The highest BCUT2D eigenvalue weighted by molar-refractivity contribution is 6.39. The van der Waals surface area contributed by atoms with E-state index in [0.29, 0.717) is 38.1 Å². The van der Waals surface area contributed by atoms with E-state index in [1.54, 1.807) is 6.20 Å². The minimum absolute atomic E-state index is 0.0612. The molecule has 0 unspecified atom stereocenters. The number of carbonyl (C=O) groups excluding carboxylic acids is 2. The molecule has 1 N–H and O–H groups in total. The Kier molecular flexibility index (Phi) is 5.51. The second kappa shape index (κ2) is 8.19. The SMILES string of the molecule is O=C(NCCc1ccccn1)C1=NN(Cc2ccccc2)C(=O)CC1. The van der Waals surface area contributed by atoms with Gasteiger partial charge in [0.2, 0.25) is 5.91 Å². The molecule has 0 spiro atoms. The van der Waals surface area contributed by atoms with Crippen molar-refractivity contribution in [3.05, 3.63) is 66.0 Å². The van der Waals surface area contributed by atoms with Gasteiger partial charge in [0, 0.05) is 37.7 Å². The van der Waals surface area contributed by atoms with Crippen molar-refractivity contribution in [2.24, 2.45) is 5.10 Å². The van der Waals surface area contributed by atoms with Gasteiger partial charge in [-0.25, -0.2) is 5.01 Å². The molecule has 2 aromatic rings. The van der Waals surface area contributed by atoms with Crippen LogP contribution >= 0.6 is 0 Å². The van der Waals surface area contributed by atoms with E-state index in [1.165, 1.54) is 5.01 Å². The number of benzene rings is 1. The molecule has 6 nitrogen and oxygen atoms in total. The molecule has 2 heterocycles. The molecule has 1 aliphatic rings. The highest BCUT2D eigenvalue weighted by Crippen LogP contribution is 2.13. The van der Waals surface area contributed by atoms with Gasteiger partial charge in [0.15, 0.2) is 0 Å². The van der Waals surface area contributed by atoms with Crippen molar-refractivity contribution in [2.75, 3.05) is 6.54 Å². The molecule has 1 aliphatic heterocycles. The van der Waals surface area contributed by atoms with Crippen LogP contribution in [0.3, 0.4) is 0 Å². The lowest BCUT2D eigenvalue weighted by Crippen LogP contribution is -2.39. The lowest BCUT2D eigenvalue weighted by Gasteiger charge is -2.23. The van der Waals surface area contributed by atoms with Gasteiger partial charge in [-0.05, 0) is 17.7 Å². The summed E-state index contributed by atoms with van der Waals surface area (Å²) in [6.45, 7) is 0.867. The lowest BCUT2D eigenvalue weighted by molar-refractivity contribution is -0.132. The zero-order valence-electron chi connectivity index (χ0n) is 13.9. The molecule has 3 rings (SSSR count). The summed E-state index contributed by atoms with van der Waals surface area (Å²) in [5.41, 5.74) is 2.31. The van der Waals surface area contributed by atoms with E-state index in [4.69, 9.17) is 0 Å². The zero-order chi connectivity index (χ0) is 17.5. The molecule has 128 valence electrons. The Morgan fingerprint density at radius 3 is 2.64 bits per heavy atom. The van der Waals surface area contributed by atoms with E-state index in [1.807, 2.05) is 48.5 Å². The molecule has 1 aromatic heterocycles. The summed E-state index contributed by atoms with van der Waals surface area (Å²) >= 11 is 0. The van der Waals surface area contributed by atoms with Gasteiger partial charge in [-0.2, -0.15) is 5.10 Å². The predicted molar refractivity (Wildman–Crippen MR) is 94.6 cm³/mol. The van der Waals surface area contributed by atoms with Gasteiger partial charge in [-0.1, -0.05) is 36.4 Å². The van der Waals surface area contributed by atoms with Crippen LogP contribution in [-0.4, -0.2) is 34.1 Å². The quantitative estimate of drug-likeness (QED) is 0.876. The maximum absolute atomic E-state index is 12.3. The average Bonchev–Trinajstić information content (AvgIpc) is 2.65. The molecule has 0 bridgehead atoms. The van der Waals surface area contributed by atoms with E-state index < -0.39 is 0 Å². The van der Waals surface area contributed by atoms with Crippen LogP contribution in [0.5, 0.6) is 0 Å². The third-order valence-corrected chi connectivity index (χ3v) is 3.94. The summed E-state index contributed by atoms with van der Waals surface area (Å²) in [6.07, 6.45) is 3.07. The fourth-order valence-electron chi connectivity index (χ4n) is 2.60. The summed E-state index contributed by atoms with van der Waals surface area (Å²) in [6, 6.07) is 15.3. The summed E-state index contributed by atoms with van der Waals surface area (Å²) in [4.78, 5) is 28.6. The monoisotopic (exact) mass is 336 g/mol. The second-order valence-electron chi connectivity index (χ2n) is 5.81. The zero-order valence-corrected chi connectivity index (χ0v) is 13.9. The minimum atomic E-state index is -0.221. The van der Waals surface area contributed by atoms with Gasteiger partial charge in [-0.15, -0.1) is 0 Å². The van der Waals surface area contributed by atoms with E-state index in [9.17, 15) is 9.59 Å². The standard InChI is InChI=1S/C19H20N4O2/c24-18-10-9-17(22-23(18)14-15-6-2-1-3-7-15)19(25)21-13-11-16-8-4-5-12-20-16/h1-8,12H,9-11,13-14H2,(H,21,25). The Labute approximate surface area is 146 Å². The van der Waals surface area contributed by atoms with Crippen molar-refractivity contribution in [1.29, 1.82) is 0 Å². The molecule has 0 saturated carbocycles. The number of carbonyl (C=O) groups is 2. The van der Waals surface area contributed by atoms with E-state index >= 15 is 0 Å². The third-order valence-electron chi connectivity index (χ3n) is 3.94. The number of aromatic nitrogens is 1.